The van der Waals surface area contributed by atoms with Gasteiger partial charge in [-0.2, -0.15) is 18.3 Å². The molecule has 0 radical (unpaired) electrons. The summed E-state index contributed by atoms with van der Waals surface area (Å²) in [4.78, 5) is 31.9. The molecular formula is C30H27F3N4O3. The average Bonchev–Trinajstić information content (AvgIpc) is 3.37. The van der Waals surface area contributed by atoms with Crippen molar-refractivity contribution in [2.24, 2.45) is 7.05 Å². The number of benzene rings is 2. The van der Waals surface area contributed by atoms with E-state index in [4.69, 9.17) is 4.74 Å². The van der Waals surface area contributed by atoms with E-state index in [-0.39, 0.29) is 13.0 Å². The fourth-order valence-corrected chi connectivity index (χ4v) is 4.19. The second-order valence-corrected chi connectivity index (χ2v) is 9.04. The molecule has 0 aliphatic heterocycles. The molecule has 0 bridgehead atoms. The van der Waals surface area contributed by atoms with Gasteiger partial charge in [0.2, 0.25) is 5.91 Å². The number of pyridine rings is 1. The van der Waals surface area contributed by atoms with Gasteiger partial charge in [0.25, 0.3) is 0 Å². The molecule has 4 rings (SSSR count). The number of nitrogens with zero attached hydrogens (tertiary/aromatic N) is 4. The number of rotatable bonds is 9. The number of alkyl halides is 3. The molecule has 1 unspecified atom stereocenters. The molecule has 0 aliphatic carbocycles. The lowest BCUT2D eigenvalue weighted by Crippen LogP contribution is -2.46. The van der Waals surface area contributed by atoms with Crippen LogP contribution in [-0.2, 0) is 40.5 Å². The van der Waals surface area contributed by atoms with Crippen LogP contribution in [0.2, 0.25) is 0 Å². The van der Waals surface area contributed by atoms with Crippen molar-refractivity contribution in [2.45, 2.75) is 25.2 Å². The zero-order valence-electron chi connectivity index (χ0n) is 21.9. The lowest BCUT2D eigenvalue weighted by molar-refractivity contribution is -0.151. The highest BCUT2D eigenvalue weighted by molar-refractivity contribution is 5.94. The van der Waals surface area contributed by atoms with Crippen LogP contribution < -0.4 is 0 Å². The number of hydrogen-bond donors (Lipinski definition) is 0. The molecule has 206 valence electrons. The Hall–Kier alpha value is -4.73. The summed E-state index contributed by atoms with van der Waals surface area (Å²) in [7, 11) is 2.99. The zero-order chi connectivity index (χ0) is 28.7. The number of ether oxygens (including phenoxy) is 1. The number of carbonyl (C=O) groups is 2. The number of esters is 1. The lowest BCUT2D eigenvalue weighted by Gasteiger charge is -2.29. The van der Waals surface area contributed by atoms with E-state index in [2.05, 4.69) is 10.1 Å². The van der Waals surface area contributed by atoms with Crippen molar-refractivity contribution in [1.82, 2.24) is 19.7 Å². The summed E-state index contributed by atoms with van der Waals surface area (Å²) in [6, 6.07) is 16.6. The molecule has 4 aromatic rings. The Morgan fingerprint density at radius 2 is 1.60 bits per heavy atom. The summed E-state index contributed by atoms with van der Waals surface area (Å²) in [5, 5.41) is 4.14. The molecule has 2 heterocycles. The van der Waals surface area contributed by atoms with Gasteiger partial charge in [0.05, 0.1) is 12.7 Å². The normalized spacial score (nSPS) is 12.3. The van der Waals surface area contributed by atoms with Crippen molar-refractivity contribution in [1.29, 1.82) is 0 Å². The molecule has 40 heavy (non-hydrogen) atoms. The first kappa shape index (κ1) is 28.3. The number of amides is 1. The van der Waals surface area contributed by atoms with Crippen LogP contribution in [0.3, 0.4) is 0 Å². The molecule has 0 N–H and O–H groups in total. The van der Waals surface area contributed by atoms with Gasteiger partial charge in [0.15, 0.2) is 0 Å². The Morgan fingerprint density at radius 3 is 2.17 bits per heavy atom. The Bertz CT molecular complexity index is 1460. The predicted molar refractivity (Wildman–Crippen MR) is 143 cm³/mol. The highest BCUT2D eigenvalue weighted by Crippen LogP contribution is 2.29. The summed E-state index contributed by atoms with van der Waals surface area (Å²) in [5.74, 6) is -1.11. The predicted octanol–water partition coefficient (Wildman–Crippen LogP) is 5.33. The molecule has 1 atom stereocenters. The van der Waals surface area contributed by atoms with E-state index in [1.54, 1.807) is 36.4 Å². The number of aryl methyl sites for hydroxylation is 1. The zero-order valence-corrected chi connectivity index (χ0v) is 21.9. The molecule has 0 aliphatic rings. The van der Waals surface area contributed by atoms with E-state index in [1.807, 2.05) is 36.4 Å². The van der Waals surface area contributed by atoms with Crippen LogP contribution in [0.4, 0.5) is 13.2 Å². The SMILES string of the molecule is COC(=O)C(Cc1ccnn1C)N(Cc1ccc(-c2ccncc2)cc1)C(=O)/C=C/c1ccc(C(F)(F)F)cc1. The van der Waals surface area contributed by atoms with Gasteiger partial charge in [-0.3, -0.25) is 14.5 Å². The van der Waals surface area contributed by atoms with E-state index >= 15 is 0 Å². The van der Waals surface area contributed by atoms with Gasteiger partial charge in [-0.05, 0) is 58.7 Å². The van der Waals surface area contributed by atoms with E-state index in [0.29, 0.717) is 11.3 Å². The number of methoxy groups -OCH3 is 1. The minimum absolute atomic E-state index is 0.0877. The minimum atomic E-state index is -4.46. The molecule has 7 nitrogen and oxygen atoms in total. The first-order chi connectivity index (χ1) is 19.2. The van der Waals surface area contributed by atoms with E-state index < -0.39 is 29.7 Å². The molecule has 10 heteroatoms. The molecular weight excluding hydrogens is 521 g/mol. The fourth-order valence-electron chi connectivity index (χ4n) is 4.19. The van der Waals surface area contributed by atoms with Crippen molar-refractivity contribution in [3.05, 3.63) is 114 Å². The highest BCUT2D eigenvalue weighted by atomic mass is 19.4. The Balaban J connectivity index is 1.63. The quantitative estimate of drug-likeness (QED) is 0.209. The molecule has 1 amide bonds. The van der Waals surface area contributed by atoms with Crippen molar-refractivity contribution < 1.29 is 27.5 Å². The topological polar surface area (TPSA) is 77.3 Å². The van der Waals surface area contributed by atoms with Crippen LogP contribution in [-0.4, -0.2) is 44.7 Å². The number of aromatic nitrogens is 3. The van der Waals surface area contributed by atoms with Crippen LogP contribution in [0.15, 0.2) is 91.4 Å². The third kappa shape index (κ3) is 7.02. The molecule has 0 fully saturated rings. The van der Waals surface area contributed by atoms with Gasteiger partial charge in [0.1, 0.15) is 6.04 Å². The van der Waals surface area contributed by atoms with Gasteiger partial charge >= 0.3 is 12.1 Å². The number of hydrogen-bond acceptors (Lipinski definition) is 5. The Labute approximate surface area is 229 Å². The minimum Gasteiger partial charge on any atom is -0.467 e. The maximum atomic E-state index is 13.5. The summed E-state index contributed by atoms with van der Waals surface area (Å²) < 4.78 is 45.4. The van der Waals surface area contributed by atoms with Crippen molar-refractivity contribution in [3.8, 4) is 11.1 Å². The molecule has 2 aromatic heterocycles. The summed E-state index contributed by atoms with van der Waals surface area (Å²) in [5.41, 5.74) is 3.06. The van der Waals surface area contributed by atoms with Crippen LogP contribution in [0.25, 0.3) is 17.2 Å². The van der Waals surface area contributed by atoms with E-state index in [9.17, 15) is 22.8 Å². The fraction of sp³-hybridized carbons (Fsp3) is 0.200. The highest BCUT2D eigenvalue weighted by Gasteiger charge is 2.32. The maximum absolute atomic E-state index is 13.5. The smallest absolute Gasteiger partial charge is 0.416 e. The second-order valence-electron chi connectivity index (χ2n) is 9.04. The number of halogens is 3. The molecule has 0 saturated carbocycles. The summed E-state index contributed by atoms with van der Waals surface area (Å²) in [6.45, 7) is 0.0877. The first-order valence-electron chi connectivity index (χ1n) is 12.4. The van der Waals surface area contributed by atoms with Gasteiger partial charge in [-0.1, -0.05) is 36.4 Å². The van der Waals surface area contributed by atoms with Gasteiger partial charge in [0, 0.05) is 50.4 Å². The van der Waals surface area contributed by atoms with Crippen molar-refractivity contribution in [2.75, 3.05) is 7.11 Å². The van der Waals surface area contributed by atoms with Crippen molar-refractivity contribution >= 4 is 18.0 Å². The van der Waals surface area contributed by atoms with Crippen LogP contribution >= 0.6 is 0 Å². The average molecular weight is 549 g/mol. The number of carbonyl (C=O) groups excluding carboxylic acids is 2. The third-order valence-corrected chi connectivity index (χ3v) is 6.43. The summed E-state index contributed by atoms with van der Waals surface area (Å²) >= 11 is 0. The van der Waals surface area contributed by atoms with Crippen LogP contribution in [0, 0.1) is 0 Å². The van der Waals surface area contributed by atoms with Gasteiger partial charge in [-0.25, -0.2) is 4.79 Å². The summed E-state index contributed by atoms with van der Waals surface area (Å²) in [6.07, 6.45) is 3.35. The van der Waals surface area contributed by atoms with E-state index in [1.165, 1.54) is 36.3 Å². The molecule has 0 spiro atoms. The van der Waals surface area contributed by atoms with Gasteiger partial charge < -0.3 is 9.64 Å². The van der Waals surface area contributed by atoms with Crippen LogP contribution in [0.1, 0.15) is 22.4 Å². The van der Waals surface area contributed by atoms with Gasteiger partial charge in [-0.15, -0.1) is 0 Å². The lowest BCUT2D eigenvalue weighted by atomic mass is 10.0. The largest absolute Gasteiger partial charge is 0.467 e. The molecule has 2 aromatic carbocycles. The monoisotopic (exact) mass is 548 g/mol. The Morgan fingerprint density at radius 1 is 0.950 bits per heavy atom. The van der Waals surface area contributed by atoms with Crippen molar-refractivity contribution in [3.63, 3.8) is 0 Å². The maximum Gasteiger partial charge on any atom is 0.416 e. The second kappa shape index (κ2) is 12.4. The Kier molecular flexibility index (Phi) is 8.78. The third-order valence-electron chi connectivity index (χ3n) is 6.43. The van der Waals surface area contributed by atoms with Crippen LogP contribution in [0.5, 0.6) is 0 Å². The van der Waals surface area contributed by atoms with E-state index in [0.717, 1.165) is 28.8 Å². The first-order valence-corrected chi connectivity index (χ1v) is 12.4. The standard InChI is InChI=1S/C30H27F3N4O3/c1-36-26(15-18-35-36)19-27(29(39)40-2)37(20-22-3-8-23(9-4-22)24-13-16-34-17-14-24)28(38)12-7-21-5-10-25(11-6-21)30(31,32)33/h3-18,27H,19-20H2,1-2H3/b12-7+. The molecule has 0 saturated heterocycles.